The first-order valence-electron chi connectivity index (χ1n) is 10.4. The highest BCUT2D eigenvalue weighted by atomic mass is 16.5. The molecule has 30 heavy (non-hydrogen) atoms. The van der Waals surface area contributed by atoms with Crippen molar-refractivity contribution in [2.24, 2.45) is 0 Å². The summed E-state index contributed by atoms with van der Waals surface area (Å²) in [6, 6.07) is 18.2. The Balaban J connectivity index is 1.31. The van der Waals surface area contributed by atoms with E-state index in [1.807, 2.05) is 42.5 Å². The number of para-hydroxylation sites is 1. The van der Waals surface area contributed by atoms with Gasteiger partial charge in [-0.3, -0.25) is 14.3 Å². The zero-order chi connectivity index (χ0) is 20.9. The molecule has 1 N–H and O–H groups in total. The van der Waals surface area contributed by atoms with Crippen molar-refractivity contribution in [2.75, 3.05) is 19.6 Å². The van der Waals surface area contributed by atoms with E-state index in [4.69, 9.17) is 4.74 Å². The van der Waals surface area contributed by atoms with Crippen molar-refractivity contribution in [2.45, 2.75) is 32.2 Å². The molecule has 1 aliphatic rings. The molecule has 2 heterocycles. The normalized spacial score (nSPS) is 15.2. The molecule has 0 amide bonds. The minimum atomic E-state index is -0.306. The highest BCUT2D eigenvalue weighted by Gasteiger charge is 2.21. The second-order valence-corrected chi connectivity index (χ2v) is 7.86. The molecule has 3 aromatic rings. The Morgan fingerprint density at radius 1 is 1.00 bits per heavy atom. The van der Waals surface area contributed by atoms with Gasteiger partial charge in [-0.05, 0) is 56.0 Å². The highest BCUT2D eigenvalue weighted by Crippen LogP contribution is 2.23. The molecule has 1 aromatic heterocycles. The van der Waals surface area contributed by atoms with Crippen LogP contribution in [-0.2, 0) is 6.42 Å². The Bertz CT molecular complexity index is 1100. The van der Waals surface area contributed by atoms with Crippen LogP contribution in [0.3, 0.4) is 0 Å². The third-order valence-corrected chi connectivity index (χ3v) is 5.69. The van der Waals surface area contributed by atoms with Crippen LogP contribution in [0.5, 0.6) is 11.5 Å². The fourth-order valence-corrected chi connectivity index (χ4v) is 3.95. The van der Waals surface area contributed by atoms with Crippen LogP contribution < -0.4 is 16.0 Å². The summed E-state index contributed by atoms with van der Waals surface area (Å²) in [5.74, 6) is 1.69. The summed E-state index contributed by atoms with van der Waals surface area (Å²) in [4.78, 5) is 28.6. The van der Waals surface area contributed by atoms with E-state index in [9.17, 15) is 9.59 Å². The van der Waals surface area contributed by atoms with Gasteiger partial charge in [-0.2, -0.15) is 0 Å². The lowest BCUT2D eigenvalue weighted by atomic mass is 10.0. The van der Waals surface area contributed by atoms with E-state index in [0.717, 1.165) is 50.4 Å². The van der Waals surface area contributed by atoms with Gasteiger partial charge < -0.3 is 9.64 Å². The van der Waals surface area contributed by atoms with Crippen LogP contribution >= 0.6 is 0 Å². The Morgan fingerprint density at radius 3 is 2.50 bits per heavy atom. The lowest BCUT2D eigenvalue weighted by Crippen LogP contribution is -2.40. The number of aryl methyl sites for hydroxylation is 1. The van der Waals surface area contributed by atoms with Gasteiger partial charge in [-0.15, -0.1) is 0 Å². The number of aromatic amines is 1. The molecule has 6 heteroatoms. The topological polar surface area (TPSA) is 67.3 Å². The minimum Gasteiger partial charge on any atom is -0.457 e. The second kappa shape index (κ2) is 9.13. The molecular weight excluding hydrogens is 378 g/mol. The Kier molecular flexibility index (Phi) is 6.14. The summed E-state index contributed by atoms with van der Waals surface area (Å²) in [5, 5.41) is 0. The number of H-pyrrole nitrogens is 1. The largest absolute Gasteiger partial charge is 0.457 e. The van der Waals surface area contributed by atoms with Crippen molar-refractivity contribution in [3.05, 3.63) is 92.8 Å². The number of nitrogens with one attached hydrogen (secondary N) is 1. The maximum Gasteiger partial charge on any atom is 0.328 e. The standard InChI is InChI=1S/C24H27N3O3/c1-18-17-27(24(29)25-23(18)28)20-11-14-26(15-12-20)13-10-19-6-5-9-22(16-19)30-21-7-3-2-4-8-21/h2-9,16-17,20H,10-15H2,1H3,(H,25,28,29). The fourth-order valence-electron chi connectivity index (χ4n) is 3.95. The first-order valence-corrected chi connectivity index (χ1v) is 10.4. The third-order valence-electron chi connectivity index (χ3n) is 5.69. The number of hydrogen-bond donors (Lipinski definition) is 1. The molecule has 0 atom stereocenters. The van der Waals surface area contributed by atoms with Crippen LogP contribution in [0.25, 0.3) is 0 Å². The zero-order valence-corrected chi connectivity index (χ0v) is 17.2. The van der Waals surface area contributed by atoms with Gasteiger partial charge in [0.05, 0.1) is 0 Å². The summed E-state index contributed by atoms with van der Waals surface area (Å²) >= 11 is 0. The van der Waals surface area contributed by atoms with Crippen LogP contribution in [0.2, 0.25) is 0 Å². The molecule has 2 aromatic carbocycles. The molecule has 6 nitrogen and oxygen atoms in total. The number of hydrogen-bond acceptors (Lipinski definition) is 4. The molecular formula is C24H27N3O3. The number of likely N-dealkylation sites (tertiary alicyclic amines) is 1. The zero-order valence-electron chi connectivity index (χ0n) is 17.2. The lowest BCUT2D eigenvalue weighted by Gasteiger charge is -2.32. The van der Waals surface area contributed by atoms with E-state index in [-0.39, 0.29) is 17.3 Å². The van der Waals surface area contributed by atoms with Crippen molar-refractivity contribution < 1.29 is 4.74 Å². The molecule has 1 saturated heterocycles. The molecule has 156 valence electrons. The summed E-state index contributed by atoms with van der Waals surface area (Å²) in [6.45, 7) is 4.59. The summed E-state index contributed by atoms with van der Waals surface area (Å²) in [5.41, 5.74) is 1.22. The number of aromatic nitrogens is 2. The Morgan fingerprint density at radius 2 is 1.73 bits per heavy atom. The van der Waals surface area contributed by atoms with Crippen molar-refractivity contribution in [3.8, 4) is 11.5 Å². The van der Waals surface area contributed by atoms with E-state index in [2.05, 4.69) is 22.0 Å². The molecule has 0 aliphatic carbocycles. The summed E-state index contributed by atoms with van der Waals surface area (Å²) < 4.78 is 7.62. The van der Waals surface area contributed by atoms with E-state index in [1.54, 1.807) is 17.7 Å². The van der Waals surface area contributed by atoms with Gasteiger partial charge in [-0.25, -0.2) is 4.79 Å². The summed E-state index contributed by atoms with van der Waals surface area (Å²) in [6.07, 6.45) is 4.46. The van der Waals surface area contributed by atoms with E-state index < -0.39 is 0 Å². The molecule has 0 spiro atoms. The quantitative estimate of drug-likeness (QED) is 0.681. The van der Waals surface area contributed by atoms with E-state index in [1.165, 1.54) is 5.56 Å². The van der Waals surface area contributed by atoms with Crippen molar-refractivity contribution in [1.82, 2.24) is 14.5 Å². The average Bonchev–Trinajstić information content (AvgIpc) is 2.76. The predicted octanol–water partition coefficient (Wildman–Crippen LogP) is 3.52. The van der Waals surface area contributed by atoms with Crippen molar-refractivity contribution in [1.29, 1.82) is 0 Å². The minimum absolute atomic E-state index is 0.145. The van der Waals surface area contributed by atoms with Crippen molar-refractivity contribution in [3.63, 3.8) is 0 Å². The monoisotopic (exact) mass is 405 g/mol. The molecule has 4 rings (SSSR count). The fraction of sp³-hybridized carbons (Fsp3) is 0.333. The van der Waals surface area contributed by atoms with Crippen LogP contribution in [0.15, 0.2) is 70.4 Å². The van der Waals surface area contributed by atoms with E-state index in [0.29, 0.717) is 5.56 Å². The first-order chi connectivity index (χ1) is 14.6. The number of piperidine rings is 1. The van der Waals surface area contributed by atoms with Crippen LogP contribution in [0.4, 0.5) is 0 Å². The predicted molar refractivity (Wildman–Crippen MR) is 117 cm³/mol. The third kappa shape index (κ3) is 4.89. The SMILES string of the molecule is Cc1cn(C2CCN(CCc3cccc(Oc4ccccc4)c3)CC2)c(=O)[nH]c1=O. The van der Waals surface area contributed by atoms with Gasteiger partial charge in [0.25, 0.3) is 5.56 Å². The number of nitrogens with zero attached hydrogens (tertiary/aromatic N) is 2. The molecule has 0 saturated carbocycles. The van der Waals surface area contributed by atoms with Crippen LogP contribution in [-0.4, -0.2) is 34.1 Å². The van der Waals surface area contributed by atoms with Gasteiger partial charge in [0.2, 0.25) is 0 Å². The smallest absolute Gasteiger partial charge is 0.328 e. The maximum atomic E-state index is 12.1. The molecule has 0 unspecified atom stereocenters. The number of rotatable bonds is 6. The average molecular weight is 405 g/mol. The van der Waals surface area contributed by atoms with Gasteiger partial charge >= 0.3 is 5.69 Å². The molecule has 1 aliphatic heterocycles. The van der Waals surface area contributed by atoms with Gasteiger partial charge in [0.1, 0.15) is 11.5 Å². The first kappa shape index (κ1) is 20.2. The maximum absolute atomic E-state index is 12.1. The second-order valence-electron chi connectivity index (χ2n) is 7.86. The van der Waals surface area contributed by atoms with Crippen LogP contribution in [0.1, 0.15) is 30.0 Å². The van der Waals surface area contributed by atoms with E-state index >= 15 is 0 Å². The lowest BCUT2D eigenvalue weighted by molar-refractivity contribution is 0.185. The Labute approximate surface area is 175 Å². The summed E-state index contributed by atoms with van der Waals surface area (Å²) in [7, 11) is 0. The Hall–Kier alpha value is -3.12. The molecule has 0 radical (unpaired) electrons. The molecule has 0 bridgehead atoms. The highest BCUT2D eigenvalue weighted by molar-refractivity contribution is 5.34. The molecule has 1 fully saturated rings. The van der Waals surface area contributed by atoms with Gasteiger partial charge in [0, 0.05) is 37.4 Å². The number of ether oxygens (including phenoxy) is 1. The van der Waals surface area contributed by atoms with Gasteiger partial charge in [-0.1, -0.05) is 30.3 Å². The van der Waals surface area contributed by atoms with Crippen molar-refractivity contribution >= 4 is 0 Å². The number of benzene rings is 2. The van der Waals surface area contributed by atoms with Gasteiger partial charge in [0.15, 0.2) is 0 Å². The van der Waals surface area contributed by atoms with Crippen LogP contribution in [0, 0.1) is 6.92 Å².